The van der Waals surface area contributed by atoms with Crippen molar-refractivity contribution in [1.82, 2.24) is 0 Å². The van der Waals surface area contributed by atoms with Crippen LogP contribution in [0.1, 0.15) is 164 Å². The lowest BCUT2D eigenvalue weighted by molar-refractivity contribution is -0.248. The van der Waals surface area contributed by atoms with Gasteiger partial charge in [-0.15, -0.1) is 0 Å². The zero-order valence-corrected chi connectivity index (χ0v) is 30.4. The maximum Gasteiger partial charge on any atom is 0.312 e. The first-order valence-electron chi connectivity index (χ1n) is 19.4. The molecule has 0 aromatic rings. The van der Waals surface area contributed by atoms with Gasteiger partial charge in [0.1, 0.15) is 0 Å². The van der Waals surface area contributed by atoms with E-state index in [1.165, 1.54) is 37.7 Å². The number of aliphatic hydroxyl groups excluding tert-OH is 1. The molecule has 0 spiro atoms. The molecule has 262 valence electrons. The van der Waals surface area contributed by atoms with E-state index in [0.717, 1.165) is 83.5 Å². The van der Waals surface area contributed by atoms with Gasteiger partial charge in [0, 0.05) is 6.42 Å². The van der Waals surface area contributed by atoms with Gasteiger partial charge in [-0.05, 0) is 135 Å². The van der Waals surface area contributed by atoms with Crippen LogP contribution in [0, 0.1) is 56.7 Å². The van der Waals surface area contributed by atoms with Crippen LogP contribution in [0.4, 0.5) is 0 Å². The van der Waals surface area contributed by atoms with Crippen molar-refractivity contribution in [2.45, 2.75) is 170 Å². The predicted molar refractivity (Wildman–Crippen MR) is 185 cm³/mol. The molecule has 0 radical (unpaired) electrons. The van der Waals surface area contributed by atoms with Crippen LogP contribution in [0.25, 0.3) is 0 Å². The summed E-state index contributed by atoms with van der Waals surface area (Å²) in [7, 11) is 0. The molecule has 5 aliphatic carbocycles. The Balaban J connectivity index is 1.24. The normalized spacial score (nSPS) is 42.7. The average molecular weight is 641 g/mol. The van der Waals surface area contributed by atoms with Gasteiger partial charge in [-0.3, -0.25) is 9.59 Å². The van der Waals surface area contributed by atoms with E-state index in [4.69, 9.17) is 9.84 Å². The second kappa shape index (κ2) is 13.5. The Hall–Kier alpha value is -1.36. The number of rotatable bonds is 13. The Kier molecular flexibility index (Phi) is 10.6. The van der Waals surface area contributed by atoms with E-state index in [9.17, 15) is 14.7 Å². The largest absolute Gasteiger partial charge is 0.481 e. The van der Waals surface area contributed by atoms with Crippen LogP contribution in [-0.4, -0.2) is 34.9 Å². The van der Waals surface area contributed by atoms with E-state index in [1.54, 1.807) is 0 Å². The van der Waals surface area contributed by atoms with Crippen molar-refractivity contribution in [3.8, 4) is 0 Å². The second-order valence-corrected chi connectivity index (χ2v) is 18.3. The number of aliphatic carboxylic acids is 1. The summed E-state index contributed by atoms with van der Waals surface area (Å²) in [5.41, 5.74) is 1.58. The first-order chi connectivity index (χ1) is 21.6. The van der Waals surface area contributed by atoms with Crippen molar-refractivity contribution in [2.24, 2.45) is 56.7 Å². The molecule has 0 unspecified atom stereocenters. The Bertz CT molecular complexity index is 1130. The number of aliphatic hydroxyl groups is 1. The number of unbranched alkanes of at least 4 members (excludes halogenated alkanes) is 7. The molecular weight excluding hydrogens is 572 g/mol. The van der Waals surface area contributed by atoms with Gasteiger partial charge < -0.3 is 14.9 Å². The van der Waals surface area contributed by atoms with Crippen molar-refractivity contribution in [3.63, 3.8) is 0 Å². The molecule has 0 bridgehead atoms. The molecule has 10 atom stereocenters. The van der Waals surface area contributed by atoms with Gasteiger partial charge in [0.05, 0.1) is 18.1 Å². The Morgan fingerprint density at radius 3 is 2.04 bits per heavy atom. The van der Waals surface area contributed by atoms with Crippen LogP contribution in [-0.2, 0) is 14.3 Å². The first kappa shape index (κ1) is 35.9. The number of carboxylic acids is 1. The summed E-state index contributed by atoms with van der Waals surface area (Å²) in [6, 6.07) is 0. The fourth-order valence-corrected chi connectivity index (χ4v) is 13.2. The molecule has 46 heavy (non-hydrogen) atoms. The maximum atomic E-state index is 14.2. The second-order valence-electron chi connectivity index (χ2n) is 18.3. The molecule has 0 heterocycles. The lowest BCUT2D eigenvalue weighted by atomic mass is 9.32. The van der Waals surface area contributed by atoms with Gasteiger partial charge in [-0.2, -0.15) is 0 Å². The molecule has 5 aliphatic rings. The monoisotopic (exact) mass is 641 g/mol. The van der Waals surface area contributed by atoms with Crippen molar-refractivity contribution in [1.29, 1.82) is 0 Å². The van der Waals surface area contributed by atoms with E-state index in [1.807, 2.05) is 0 Å². The summed E-state index contributed by atoms with van der Waals surface area (Å²) in [5.74, 6) is 1.90. The molecule has 0 aliphatic heterocycles. The standard InChI is InChI=1S/C41H68O5/c1-28(2)29-19-24-41(36(45)46-27-15-13-11-9-8-10-12-14-16-34(43)44)26-25-39(6)30(35(29)41)17-18-32-38(5)22-21-33(42)37(3,4)31(38)20-23-40(32,39)7/h29-33,35,42H,1,8-27H2,2-7H3,(H,43,44)/t29-,30+,31-,32+,33-,35+,38-,39+,40+,41-/m0/s1. The Labute approximate surface area is 281 Å². The highest BCUT2D eigenvalue weighted by Crippen LogP contribution is 2.77. The number of esters is 1. The summed E-state index contributed by atoms with van der Waals surface area (Å²) in [4.78, 5) is 24.9. The molecule has 2 N–H and O–H groups in total. The zero-order valence-electron chi connectivity index (χ0n) is 30.4. The quantitative estimate of drug-likeness (QED) is 0.119. The fraction of sp³-hybridized carbons (Fsp3) is 0.902. The molecule has 0 amide bonds. The smallest absolute Gasteiger partial charge is 0.312 e. The van der Waals surface area contributed by atoms with Gasteiger partial charge in [-0.1, -0.05) is 85.3 Å². The maximum absolute atomic E-state index is 14.2. The van der Waals surface area contributed by atoms with Crippen molar-refractivity contribution >= 4 is 11.9 Å². The lowest BCUT2D eigenvalue weighted by Gasteiger charge is -2.72. The summed E-state index contributed by atoms with van der Waals surface area (Å²) in [6.45, 7) is 19.8. The molecule has 0 aromatic carbocycles. The predicted octanol–water partition coefficient (Wildman–Crippen LogP) is 10.1. The topological polar surface area (TPSA) is 83.8 Å². The van der Waals surface area contributed by atoms with E-state index in [-0.39, 0.29) is 45.6 Å². The number of allylic oxidation sites excluding steroid dienone is 1. The van der Waals surface area contributed by atoms with E-state index in [0.29, 0.717) is 36.2 Å². The van der Waals surface area contributed by atoms with Crippen molar-refractivity contribution in [3.05, 3.63) is 12.2 Å². The minimum atomic E-state index is -0.695. The van der Waals surface area contributed by atoms with Crippen molar-refractivity contribution < 1.29 is 24.5 Å². The Morgan fingerprint density at radius 2 is 1.39 bits per heavy atom. The van der Waals surface area contributed by atoms with Gasteiger partial charge in [0.15, 0.2) is 0 Å². The average Bonchev–Trinajstić information content (AvgIpc) is 3.39. The molecule has 5 saturated carbocycles. The third-order valence-corrected chi connectivity index (χ3v) is 16.0. The highest BCUT2D eigenvalue weighted by Gasteiger charge is 2.72. The van der Waals surface area contributed by atoms with Gasteiger partial charge >= 0.3 is 11.9 Å². The number of carbonyl (C=O) groups is 2. The highest BCUT2D eigenvalue weighted by molar-refractivity contribution is 5.78. The SMILES string of the molecule is C=C(C)[C@@H]1CC[C@]2(C(=O)OCCCCCCCCCCC(=O)O)CC[C@]3(C)[C@H](CC[C@@H]4[C@@]5(C)CC[C@H](O)C(C)(C)[C@@H]5CC[C@]43C)[C@@H]12. The zero-order chi connectivity index (χ0) is 33.5. The summed E-state index contributed by atoms with van der Waals surface area (Å²) in [6.07, 6.45) is 19.6. The molecule has 0 aromatic heterocycles. The van der Waals surface area contributed by atoms with Crippen LogP contribution in [0.5, 0.6) is 0 Å². The highest BCUT2D eigenvalue weighted by atomic mass is 16.5. The summed E-state index contributed by atoms with van der Waals surface area (Å²) < 4.78 is 6.21. The Morgan fingerprint density at radius 1 is 0.739 bits per heavy atom. The fourth-order valence-electron chi connectivity index (χ4n) is 13.2. The minimum Gasteiger partial charge on any atom is -0.481 e. The van der Waals surface area contributed by atoms with E-state index < -0.39 is 5.97 Å². The number of carbonyl (C=O) groups excluding carboxylic acids is 1. The molecule has 5 heteroatoms. The third kappa shape index (κ3) is 5.93. The van der Waals surface area contributed by atoms with Crippen LogP contribution >= 0.6 is 0 Å². The first-order valence-corrected chi connectivity index (χ1v) is 19.4. The molecule has 5 nitrogen and oxygen atoms in total. The molecular formula is C41H68O5. The number of hydrogen-bond acceptors (Lipinski definition) is 4. The summed E-state index contributed by atoms with van der Waals surface area (Å²) in [5, 5.41) is 19.8. The molecule has 0 saturated heterocycles. The molecule has 5 rings (SSSR count). The van der Waals surface area contributed by atoms with Gasteiger partial charge in [0.25, 0.3) is 0 Å². The van der Waals surface area contributed by atoms with Crippen LogP contribution in [0.15, 0.2) is 12.2 Å². The van der Waals surface area contributed by atoms with E-state index >= 15 is 0 Å². The van der Waals surface area contributed by atoms with Gasteiger partial charge in [0.2, 0.25) is 0 Å². The minimum absolute atomic E-state index is 0.0304. The molecule has 5 fully saturated rings. The van der Waals surface area contributed by atoms with Crippen molar-refractivity contribution in [2.75, 3.05) is 6.61 Å². The van der Waals surface area contributed by atoms with Crippen LogP contribution < -0.4 is 0 Å². The van der Waals surface area contributed by atoms with Crippen LogP contribution in [0.3, 0.4) is 0 Å². The number of carboxylic acid groups (broad SMARTS) is 1. The van der Waals surface area contributed by atoms with Gasteiger partial charge in [-0.25, -0.2) is 0 Å². The summed E-state index contributed by atoms with van der Waals surface area (Å²) >= 11 is 0. The van der Waals surface area contributed by atoms with E-state index in [2.05, 4.69) is 48.1 Å². The number of fused-ring (bicyclic) bond motifs is 7. The lowest BCUT2D eigenvalue weighted by Crippen LogP contribution is -2.67. The number of hydrogen-bond donors (Lipinski definition) is 2. The van der Waals surface area contributed by atoms with Crippen LogP contribution in [0.2, 0.25) is 0 Å². The number of ether oxygens (including phenoxy) is 1. The third-order valence-electron chi connectivity index (χ3n) is 16.0.